The maximum absolute atomic E-state index is 12.2. The number of nitrogens with two attached hydrogens (primary N) is 1. The van der Waals surface area contributed by atoms with Gasteiger partial charge in [0.1, 0.15) is 0 Å². The molecule has 0 aliphatic rings. The molecule has 1 aromatic rings. The van der Waals surface area contributed by atoms with E-state index in [1.54, 1.807) is 0 Å². The van der Waals surface area contributed by atoms with E-state index in [1.807, 2.05) is 36.1 Å². The molecule has 0 spiro atoms. The van der Waals surface area contributed by atoms with Gasteiger partial charge in [0.2, 0.25) is 5.91 Å². The first-order valence-electron chi connectivity index (χ1n) is 7.79. The molecule has 0 saturated carbocycles. The van der Waals surface area contributed by atoms with Crippen LogP contribution in [0.15, 0.2) is 24.3 Å². The second kappa shape index (κ2) is 9.40. The zero-order chi connectivity index (χ0) is 14.8. The lowest BCUT2D eigenvalue weighted by Crippen LogP contribution is -2.33. The first kappa shape index (κ1) is 16.5. The molecule has 0 aromatic heterocycles. The molecule has 1 aromatic carbocycles. The number of amides is 1. The normalized spacial score (nSPS) is 10.5. The fraction of sp³-hybridized carbons (Fsp3) is 0.588. The first-order chi connectivity index (χ1) is 9.67. The maximum atomic E-state index is 12.2. The first-order valence-corrected chi connectivity index (χ1v) is 7.79. The quantitative estimate of drug-likeness (QED) is 0.553. The average molecular weight is 276 g/mol. The molecule has 0 saturated heterocycles. The fourth-order valence-corrected chi connectivity index (χ4v) is 2.29. The Balaban J connectivity index is 2.36. The summed E-state index contributed by atoms with van der Waals surface area (Å²) in [4.78, 5) is 14.2. The number of nitrogen functional groups attached to an aromatic ring is 1. The van der Waals surface area contributed by atoms with E-state index in [-0.39, 0.29) is 5.91 Å². The number of nitrogens with zero attached hydrogens (tertiary/aromatic N) is 1. The van der Waals surface area contributed by atoms with Crippen LogP contribution in [0.1, 0.15) is 51.5 Å². The summed E-state index contributed by atoms with van der Waals surface area (Å²) in [6.07, 6.45) is 6.64. The molecule has 0 aliphatic heterocycles. The molecule has 1 amide bonds. The molecule has 3 heteroatoms. The third kappa shape index (κ3) is 6.09. The van der Waals surface area contributed by atoms with Crippen molar-refractivity contribution in [1.82, 2.24) is 4.90 Å². The van der Waals surface area contributed by atoms with Crippen molar-refractivity contribution in [2.45, 2.75) is 52.4 Å². The van der Waals surface area contributed by atoms with Crippen LogP contribution in [0.25, 0.3) is 0 Å². The van der Waals surface area contributed by atoms with Crippen LogP contribution in [0.4, 0.5) is 5.69 Å². The summed E-state index contributed by atoms with van der Waals surface area (Å²) >= 11 is 0. The molecule has 0 atom stereocenters. The molecule has 0 heterocycles. The van der Waals surface area contributed by atoms with Crippen LogP contribution >= 0.6 is 0 Å². The summed E-state index contributed by atoms with van der Waals surface area (Å²) in [5.41, 5.74) is 7.43. The molecule has 20 heavy (non-hydrogen) atoms. The van der Waals surface area contributed by atoms with E-state index in [0.717, 1.165) is 30.8 Å². The van der Waals surface area contributed by atoms with Gasteiger partial charge in [0.15, 0.2) is 0 Å². The summed E-state index contributed by atoms with van der Waals surface area (Å²) in [6.45, 7) is 5.94. The minimum Gasteiger partial charge on any atom is -0.399 e. The highest BCUT2D eigenvalue weighted by Gasteiger charge is 2.11. The fourth-order valence-electron chi connectivity index (χ4n) is 2.29. The van der Waals surface area contributed by atoms with Crippen molar-refractivity contribution in [1.29, 1.82) is 0 Å². The summed E-state index contributed by atoms with van der Waals surface area (Å²) in [5.74, 6) is 0.216. The van der Waals surface area contributed by atoms with Crippen molar-refractivity contribution in [3.8, 4) is 0 Å². The van der Waals surface area contributed by atoms with Gasteiger partial charge in [-0.2, -0.15) is 0 Å². The zero-order valence-electron chi connectivity index (χ0n) is 12.9. The van der Waals surface area contributed by atoms with Crippen molar-refractivity contribution in [2.75, 3.05) is 18.8 Å². The third-order valence-corrected chi connectivity index (χ3v) is 3.60. The maximum Gasteiger partial charge on any atom is 0.226 e. The Morgan fingerprint density at radius 1 is 1.05 bits per heavy atom. The number of carbonyl (C=O) groups excluding carboxylic acids is 1. The predicted molar refractivity (Wildman–Crippen MR) is 85.6 cm³/mol. The Morgan fingerprint density at radius 3 is 2.30 bits per heavy atom. The van der Waals surface area contributed by atoms with Crippen LogP contribution in [0.2, 0.25) is 0 Å². The number of rotatable bonds is 9. The Bertz CT molecular complexity index is 386. The number of likely N-dealkylation sites (N-methyl/N-ethyl adjacent to an activating group) is 1. The average Bonchev–Trinajstić information content (AvgIpc) is 2.45. The Hall–Kier alpha value is -1.51. The van der Waals surface area contributed by atoms with Crippen LogP contribution in [-0.2, 0) is 11.2 Å². The van der Waals surface area contributed by atoms with Crippen molar-refractivity contribution in [3.63, 3.8) is 0 Å². The minimum atomic E-state index is 0.216. The molecular formula is C17H28N2O. The molecule has 0 bridgehead atoms. The number of anilines is 1. The monoisotopic (exact) mass is 276 g/mol. The lowest BCUT2D eigenvalue weighted by molar-refractivity contribution is -0.130. The summed E-state index contributed by atoms with van der Waals surface area (Å²) < 4.78 is 0. The lowest BCUT2D eigenvalue weighted by atomic mass is 10.1. The molecule has 0 radical (unpaired) electrons. The van der Waals surface area contributed by atoms with Gasteiger partial charge in [-0.25, -0.2) is 0 Å². The molecule has 3 nitrogen and oxygen atoms in total. The molecule has 1 rings (SSSR count). The zero-order valence-corrected chi connectivity index (χ0v) is 12.9. The van der Waals surface area contributed by atoms with Crippen LogP contribution in [-0.4, -0.2) is 23.9 Å². The highest BCUT2D eigenvalue weighted by atomic mass is 16.2. The lowest BCUT2D eigenvalue weighted by Gasteiger charge is -2.21. The van der Waals surface area contributed by atoms with E-state index in [1.165, 1.54) is 25.7 Å². The summed E-state index contributed by atoms with van der Waals surface area (Å²) in [6, 6.07) is 7.57. The molecule has 112 valence electrons. The molecule has 2 N–H and O–H groups in total. The predicted octanol–water partition coefficient (Wildman–Crippen LogP) is 3.63. The number of hydrogen-bond donors (Lipinski definition) is 1. The van der Waals surface area contributed by atoms with E-state index >= 15 is 0 Å². The SMILES string of the molecule is CCCCCCCN(CC)C(=O)Cc1ccc(N)cc1. The second-order valence-corrected chi connectivity index (χ2v) is 5.31. The van der Waals surface area contributed by atoms with Gasteiger partial charge in [-0.15, -0.1) is 0 Å². The topological polar surface area (TPSA) is 46.3 Å². The van der Waals surface area contributed by atoms with Crippen LogP contribution in [0.5, 0.6) is 0 Å². The van der Waals surface area contributed by atoms with Crippen molar-refractivity contribution in [2.24, 2.45) is 0 Å². The van der Waals surface area contributed by atoms with Crippen LogP contribution in [0.3, 0.4) is 0 Å². The summed E-state index contributed by atoms with van der Waals surface area (Å²) in [5, 5.41) is 0. The van der Waals surface area contributed by atoms with Gasteiger partial charge < -0.3 is 10.6 Å². The Labute approximate surface area is 123 Å². The van der Waals surface area contributed by atoms with Crippen molar-refractivity contribution in [3.05, 3.63) is 29.8 Å². The van der Waals surface area contributed by atoms with Gasteiger partial charge in [0, 0.05) is 18.8 Å². The van der Waals surface area contributed by atoms with Crippen LogP contribution in [0, 0.1) is 0 Å². The van der Waals surface area contributed by atoms with E-state index in [2.05, 4.69) is 6.92 Å². The van der Waals surface area contributed by atoms with Gasteiger partial charge >= 0.3 is 0 Å². The third-order valence-electron chi connectivity index (χ3n) is 3.60. The Morgan fingerprint density at radius 2 is 1.70 bits per heavy atom. The Kier molecular flexibility index (Phi) is 7.78. The van der Waals surface area contributed by atoms with E-state index in [9.17, 15) is 4.79 Å². The summed E-state index contributed by atoms with van der Waals surface area (Å²) in [7, 11) is 0. The van der Waals surface area contributed by atoms with E-state index < -0.39 is 0 Å². The van der Waals surface area contributed by atoms with Gasteiger partial charge in [-0.05, 0) is 31.0 Å². The number of carbonyl (C=O) groups is 1. The minimum absolute atomic E-state index is 0.216. The van der Waals surface area contributed by atoms with E-state index in [4.69, 9.17) is 5.73 Å². The molecular weight excluding hydrogens is 248 g/mol. The molecule has 0 unspecified atom stereocenters. The van der Waals surface area contributed by atoms with Gasteiger partial charge in [-0.1, -0.05) is 44.7 Å². The highest BCUT2D eigenvalue weighted by molar-refractivity contribution is 5.78. The standard InChI is InChI=1S/C17H28N2O/c1-3-5-6-7-8-13-19(4-2)17(20)14-15-9-11-16(18)12-10-15/h9-12H,3-8,13-14,18H2,1-2H3. The van der Waals surface area contributed by atoms with Crippen molar-refractivity contribution < 1.29 is 4.79 Å². The molecule has 0 aliphatic carbocycles. The highest BCUT2D eigenvalue weighted by Crippen LogP contribution is 2.09. The van der Waals surface area contributed by atoms with Gasteiger partial charge in [0.05, 0.1) is 6.42 Å². The number of benzene rings is 1. The number of hydrogen-bond acceptors (Lipinski definition) is 2. The van der Waals surface area contributed by atoms with Crippen molar-refractivity contribution >= 4 is 11.6 Å². The largest absolute Gasteiger partial charge is 0.399 e. The van der Waals surface area contributed by atoms with Crippen LogP contribution < -0.4 is 5.73 Å². The van der Waals surface area contributed by atoms with Gasteiger partial charge in [-0.3, -0.25) is 4.79 Å². The second-order valence-electron chi connectivity index (χ2n) is 5.31. The molecule has 0 fully saturated rings. The smallest absolute Gasteiger partial charge is 0.226 e. The number of unbranched alkanes of at least 4 members (excludes halogenated alkanes) is 4. The van der Waals surface area contributed by atoms with E-state index in [0.29, 0.717) is 6.42 Å². The van der Waals surface area contributed by atoms with Gasteiger partial charge in [0.25, 0.3) is 0 Å².